The third-order valence-corrected chi connectivity index (χ3v) is 3.47. The largest absolute Gasteiger partial charge is 0.478 e. The minimum atomic E-state index is 0.517. The van der Waals surface area contributed by atoms with Gasteiger partial charge in [-0.05, 0) is 26.2 Å². The van der Waals surface area contributed by atoms with E-state index in [1.807, 2.05) is 13.0 Å². The van der Waals surface area contributed by atoms with Crippen LogP contribution in [0.15, 0.2) is 6.07 Å². The minimum Gasteiger partial charge on any atom is -0.478 e. The average molecular weight is 263 g/mol. The van der Waals surface area contributed by atoms with Crippen LogP contribution in [-0.4, -0.2) is 22.6 Å². The second-order valence-corrected chi connectivity index (χ2v) is 5.35. The molecule has 1 aliphatic rings. The highest BCUT2D eigenvalue weighted by Crippen LogP contribution is 2.21. The molecule has 19 heavy (non-hydrogen) atoms. The van der Waals surface area contributed by atoms with Crippen molar-refractivity contribution in [1.29, 1.82) is 0 Å². The van der Waals surface area contributed by atoms with Crippen LogP contribution in [0.3, 0.4) is 0 Å². The third kappa shape index (κ3) is 4.69. The lowest BCUT2D eigenvalue weighted by molar-refractivity contribution is 0.304. The van der Waals surface area contributed by atoms with E-state index in [0.717, 1.165) is 18.1 Å². The molecule has 4 nitrogen and oxygen atoms in total. The van der Waals surface area contributed by atoms with Crippen LogP contribution < -0.4 is 10.1 Å². The first-order valence-corrected chi connectivity index (χ1v) is 7.53. The number of aromatic nitrogens is 2. The van der Waals surface area contributed by atoms with Gasteiger partial charge in [0, 0.05) is 17.8 Å². The summed E-state index contributed by atoms with van der Waals surface area (Å²) in [7, 11) is 0. The molecule has 0 spiro atoms. The van der Waals surface area contributed by atoms with Crippen molar-refractivity contribution in [2.24, 2.45) is 0 Å². The van der Waals surface area contributed by atoms with E-state index in [9.17, 15) is 0 Å². The molecule has 0 aromatic carbocycles. The molecule has 1 heterocycles. The highest BCUT2D eigenvalue weighted by Gasteiger charge is 2.13. The smallest absolute Gasteiger partial charge is 0.226 e. The van der Waals surface area contributed by atoms with Gasteiger partial charge in [-0.1, -0.05) is 32.6 Å². The molecule has 0 atom stereocenters. The molecule has 0 saturated heterocycles. The molecule has 1 N–H and O–H groups in total. The van der Waals surface area contributed by atoms with Crippen LogP contribution in [0.5, 0.6) is 5.88 Å². The van der Waals surface area contributed by atoms with Gasteiger partial charge in [-0.15, -0.1) is 0 Å². The number of nitrogens with zero attached hydrogens (tertiary/aromatic N) is 2. The zero-order valence-electron chi connectivity index (χ0n) is 12.1. The Morgan fingerprint density at radius 2 is 1.95 bits per heavy atom. The summed E-state index contributed by atoms with van der Waals surface area (Å²) in [4.78, 5) is 8.92. The van der Waals surface area contributed by atoms with Crippen LogP contribution in [0, 0.1) is 6.92 Å². The van der Waals surface area contributed by atoms with Crippen LogP contribution in [-0.2, 0) is 0 Å². The Hall–Kier alpha value is -1.32. The van der Waals surface area contributed by atoms with Gasteiger partial charge in [-0.3, -0.25) is 0 Å². The van der Waals surface area contributed by atoms with E-state index in [2.05, 4.69) is 22.2 Å². The molecule has 1 fully saturated rings. The van der Waals surface area contributed by atoms with Crippen molar-refractivity contribution >= 4 is 5.95 Å². The summed E-state index contributed by atoms with van der Waals surface area (Å²) in [5.74, 6) is 1.41. The van der Waals surface area contributed by atoms with Crippen LogP contribution in [0.25, 0.3) is 0 Å². The molecule has 106 valence electrons. The molecule has 1 aromatic rings. The zero-order valence-corrected chi connectivity index (χ0v) is 12.1. The molecule has 1 saturated carbocycles. The number of nitrogens with one attached hydrogen (secondary N) is 1. The van der Waals surface area contributed by atoms with Crippen molar-refractivity contribution in [3.8, 4) is 5.88 Å². The fourth-order valence-electron chi connectivity index (χ4n) is 2.49. The lowest BCUT2D eigenvalue weighted by Crippen LogP contribution is -2.20. The fourth-order valence-corrected chi connectivity index (χ4v) is 2.49. The maximum atomic E-state index is 5.60. The number of aryl methyl sites for hydroxylation is 1. The first kappa shape index (κ1) is 14.1. The average Bonchev–Trinajstić information content (AvgIpc) is 2.64. The topological polar surface area (TPSA) is 47.0 Å². The van der Waals surface area contributed by atoms with E-state index in [-0.39, 0.29) is 0 Å². The summed E-state index contributed by atoms with van der Waals surface area (Å²) in [5, 5.41) is 3.48. The van der Waals surface area contributed by atoms with Gasteiger partial charge in [0.05, 0.1) is 6.61 Å². The van der Waals surface area contributed by atoms with Crippen LogP contribution in [0.2, 0.25) is 0 Å². The van der Waals surface area contributed by atoms with Crippen LogP contribution in [0.4, 0.5) is 5.95 Å². The first-order valence-electron chi connectivity index (χ1n) is 7.53. The van der Waals surface area contributed by atoms with E-state index < -0.39 is 0 Å². The molecular weight excluding hydrogens is 238 g/mol. The zero-order chi connectivity index (χ0) is 13.5. The molecule has 0 radical (unpaired) electrons. The van der Waals surface area contributed by atoms with Gasteiger partial charge in [0.1, 0.15) is 0 Å². The first-order chi connectivity index (χ1) is 9.28. The van der Waals surface area contributed by atoms with E-state index in [1.165, 1.54) is 38.5 Å². The highest BCUT2D eigenvalue weighted by molar-refractivity contribution is 5.31. The Balaban J connectivity index is 1.99. The van der Waals surface area contributed by atoms with Crippen molar-refractivity contribution in [2.45, 2.75) is 64.8 Å². The van der Waals surface area contributed by atoms with Crippen LogP contribution >= 0.6 is 0 Å². The molecular formula is C15H25N3O. The van der Waals surface area contributed by atoms with Crippen molar-refractivity contribution in [1.82, 2.24) is 9.97 Å². The molecule has 1 aliphatic carbocycles. The molecule has 0 unspecified atom stereocenters. The van der Waals surface area contributed by atoms with Crippen molar-refractivity contribution in [2.75, 3.05) is 11.9 Å². The van der Waals surface area contributed by atoms with E-state index in [1.54, 1.807) is 0 Å². The summed E-state index contributed by atoms with van der Waals surface area (Å²) in [6.07, 6.45) is 8.78. The van der Waals surface area contributed by atoms with E-state index in [4.69, 9.17) is 4.74 Å². The Bertz CT molecular complexity index is 387. The van der Waals surface area contributed by atoms with Crippen molar-refractivity contribution in [3.63, 3.8) is 0 Å². The van der Waals surface area contributed by atoms with Gasteiger partial charge in [-0.2, -0.15) is 4.98 Å². The predicted octanol–water partition coefficient (Wildman–Crippen LogP) is 3.71. The molecule has 0 bridgehead atoms. The number of hydrogen-bond acceptors (Lipinski definition) is 4. The van der Waals surface area contributed by atoms with E-state index >= 15 is 0 Å². The number of ether oxygens (including phenoxy) is 1. The van der Waals surface area contributed by atoms with Gasteiger partial charge < -0.3 is 10.1 Å². The SMILES string of the molecule is CCCOc1cc(C)nc(NC2CCCCCC2)n1. The Morgan fingerprint density at radius 3 is 2.63 bits per heavy atom. The second kappa shape index (κ2) is 7.31. The van der Waals surface area contributed by atoms with Crippen molar-refractivity contribution < 1.29 is 4.74 Å². The number of hydrogen-bond donors (Lipinski definition) is 1. The Morgan fingerprint density at radius 1 is 1.21 bits per heavy atom. The summed E-state index contributed by atoms with van der Waals surface area (Å²) in [6.45, 7) is 4.79. The lowest BCUT2D eigenvalue weighted by Gasteiger charge is -2.17. The summed E-state index contributed by atoms with van der Waals surface area (Å²) in [6, 6.07) is 2.41. The molecule has 4 heteroatoms. The van der Waals surface area contributed by atoms with Gasteiger partial charge in [0.2, 0.25) is 11.8 Å². The Labute approximate surface area is 116 Å². The minimum absolute atomic E-state index is 0.517. The van der Waals surface area contributed by atoms with Gasteiger partial charge in [0.15, 0.2) is 0 Å². The lowest BCUT2D eigenvalue weighted by atomic mass is 10.1. The molecule has 0 amide bonds. The third-order valence-electron chi connectivity index (χ3n) is 3.47. The van der Waals surface area contributed by atoms with E-state index in [0.29, 0.717) is 18.5 Å². The normalized spacial score (nSPS) is 16.9. The molecule has 0 aliphatic heterocycles. The van der Waals surface area contributed by atoms with Gasteiger partial charge in [0.25, 0.3) is 0 Å². The summed E-state index contributed by atoms with van der Waals surface area (Å²) < 4.78 is 5.60. The molecule has 1 aromatic heterocycles. The maximum absolute atomic E-state index is 5.60. The number of anilines is 1. The standard InChI is InChI=1S/C15H25N3O/c1-3-10-19-14-11-12(2)16-15(18-14)17-13-8-6-4-5-7-9-13/h11,13H,3-10H2,1-2H3,(H,16,17,18). The quantitative estimate of drug-likeness (QED) is 0.823. The molecule has 2 rings (SSSR count). The number of rotatable bonds is 5. The summed E-state index contributed by atoms with van der Waals surface area (Å²) >= 11 is 0. The highest BCUT2D eigenvalue weighted by atomic mass is 16.5. The monoisotopic (exact) mass is 263 g/mol. The van der Waals surface area contributed by atoms with Gasteiger partial charge in [-0.25, -0.2) is 4.98 Å². The fraction of sp³-hybridized carbons (Fsp3) is 0.733. The predicted molar refractivity (Wildman–Crippen MR) is 77.7 cm³/mol. The van der Waals surface area contributed by atoms with Crippen molar-refractivity contribution in [3.05, 3.63) is 11.8 Å². The van der Waals surface area contributed by atoms with Crippen LogP contribution in [0.1, 0.15) is 57.6 Å². The summed E-state index contributed by atoms with van der Waals surface area (Å²) in [5.41, 5.74) is 0.956. The second-order valence-electron chi connectivity index (χ2n) is 5.35. The maximum Gasteiger partial charge on any atom is 0.226 e. The van der Waals surface area contributed by atoms with Gasteiger partial charge >= 0.3 is 0 Å². The Kier molecular flexibility index (Phi) is 5.43.